The highest BCUT2D eigenvalue weighted by atomic mass is 19.4. The number of anilines is 1. The first-order valence-electron chi connectivity index (χ1n) is 6.50. The van der Waals surface area contributed by atoms with E-state index >= 15 is 0 Å². The van der Waals surface area contributed by atoms with Crippen LogP contribution in [0.25, 0.3) is 0 Å². The van der Waals surface area contributed by atoms with Crippen molar-refractivity contribution in [1.29, 1.82) is 5.26 Å². The number of hydrogen-bond donors (Lipinski definition) is 0. The van der Waals surface area contributed by atoms with Crippen molar-refractivity contribution in [2.75, 3.05) is 18.0 Å². The number of halogens is 3. The summed E-state index contributed by atoms with van der Waals surface area (Å²) in [6.07, 6.45) is -0.777. The molecule has 1 aromatic rings. The van der Waals surface area contributed by atoms with E-state index in [9.17, 15) is 13.2 Å². The normalized spacial score (nSPS) is 17.0. The third-order valence-corrected chi connectivity index (χ3v) is 3.34. The first-order valence-corrected chi connectivity index (χ1v) is 6.50. The summed E-state index contributed by atoms with van der Waals surface area (Å²) in [5.41, 5.74) is 0.349. The molecule has 0 N–H and O–H groups in total. The van der Waals surface area contributed by atoms with E-state index in [0.29, 0.717) is 24.6 Å². The third-order valence-electron chi connectivity index (χ3n) is 3.34. The van der Waals surface area contributed by atoms with E-state index in [4.69, 9.17) is 5.26 Å². The molecule has 108 valence electrons. The first-order chi connectivity index (χ1) is 9.48. The highest BCUT2D eigenvalue weighted by Crippen LogP contribution is 2.23. The van der Waals surface area contributed by atoms with Crippen molar-refractivity contribution in [3.63, 3.8) is 0 Å². The zero-order chi connectivity index (χ0) is 14.6. The van der Waals surface area contributed by atoms with Crippen molar-refractivity contribution in [3.05, 3.63) is 18.1 Å². The van der Waals surface area contributed by atoms with Gasteiger partial charge in [-0.1, -0.05) is 0 Å². The Morgan fingerprint density at radius 3 is 2.60 bits per heavy atom. The number of piperidine rings is 1. The number of aromatic nitrogens is 2. The molecule has 0 unspecified atom stereocenters. The summed E-state index contributed by atoms with van der Waals surface area (Å²) in [6, 6.07) is 2.24. The Bertz CT molecular complexity index is 487. The molecule has 7 heteroatoms. The standard InChI is InChI=1S/C13H15F3N4/c14-13(15,16)4-1-11-8-18-9-12(19-11)20-5-2-10(7-17)3-6-20/h8-10H,1-6H2. The van der Waals surface area contributed by atoms with Crippen LogP contribution in [0, 0.1) is 17.2 Å². The van der Waals surface area contributed by atoms with Gasteiger partial charge in [0.15, 0.2) is 0 Å². The molecule has 0 radical (unpaired) electrons. The predicted octanol–water partition coefficient (Wildman–Crippen LogP) is 2.71. The van der Waals surface area contributed by atoms with Gasteiger partial charge in [-0.05, 0) is 19.3 Å². The number of rotatable bonds is 3. The molecule has 1 fully saturated rings. The third kappa shape index (κ3) is 4.08. The lowest BCUT2D eigenvalue weighted by Crippen LogP contribution is -2.34. The minimum Gasteiger partial charge on any atom is -0.355 e. The van der Waals surface area contributed by atoms with E-state index in [2.05, 4.69) is 16.0 Å². The molecule has 0 amide bonds. The predicted molar refractivity (Wildman–Crippen MR) is 67.0 cm³/mol. The molecular formula is C13H15F3N4. The maximum Gasteiger partial charge on any atom is 0.389 e. The van der Waals surface area contributed by atoms with Crippen molar-refractivity contribution in [2.24, 2.45) is 5.92 Å². The van der Waals surface area contributed by atoms with Crippen LogP contribution in [0.5, 0.6) is 0 Å². The lowest BCUT2D eigenvalue weighted by atomic mass is 9.99. The smallest absolute Gasteiger partial charge is 0.355 e. The molecule has 0 aromatic carbocycles. The van der Waals surface area contributed by atoms with Crippen LogP contribution in [0.2, 0.25) is 0 Å². The van der Waals surface area contributed by atoms with Crippen molar-refractivity contribution >= 4 is 5.82 Å². The Kier molecular flexibility index (Phi) is 4.42. The lowest BCUT2D eigenvalue weighted by molar-refractivity contribution is -0.134. The average Bonchev–Trinajstić information content (AvgIpc) is 2.45. The molecule has 4 nitrogen and oxygen atoms in total. The maximum absolute atomic E-state index is 12.2. The maximum atomic E-state index is 12.2. The summed E-state index contributed by atoms with van der Waals surface area (Å²) in [6.45, 7) is 1.38. The summed E-state index contributed by atoms with van der Waals surface area (Å²) in [7, 11) is 0. The Morgan fingerprint density at radius 1 is 1.30 bits per heavy atom. The number of nitrogens with zero attached hydrogens (tertiary/aromatic N) is 4. The van der Waals surface area contributed by atoms with Crippen LogP contribution in [-0.4, -0.2) is 29.2 Å². The van der Waals surface area contributed by atoms with Gasteiger partial charge in [0.05, 0.1) is 18.0 Å². The van der Waals surface area contributed by atoms with Crippen molar-refractivity contribution < 1.29 is 13.2 Å². The second-order valence-electron chi connectivity index (χ2n) is 4.87. The van der Waals surface area contributed by atoms with Crippen LogP contribution in [0.4, 0.5) is 19.0 Å². The largest absolute Gasteiger partial charge is 0.389 e. The van der Waals surface area contributed by atoms with E-state index < -0.39 is 12.6 Å². The van der Waals surface area contributed by atoms with Gasteiger partial charge in [-0.3, -0.25) is 4.98 Å². The molecule has 0 saturated carbocycles. The van der Waals surface area contributed by atoms with Crippen LogP contribution in [0.15, 0.2) is 12.4 Å². The fraction of sp³-hybridized carbons (Fsp3) is 0.615. The molecule has 0 spiro atoms. The van der Waals surface area contributed by atoms with Crippen LogP contribution in [0.3, 0.4) is 0 Å². The number of alkyl halides is 3. The zero-order valence-corrected chi connectivity index (χ0v) is 10.9. The zero-order valence-electron chi connectivity index (χ0n) is 10.9. The fourth-order valence-corrected chi connectivity index (χ4v) is 2.18. The molecule has 0 aliphatic carbocycles. The van der Waals surface area contributed by atoms with E-state index in [0.717, 1.165) is 12.8 Å². The summed E-state index contributed by atoms with van der Waals surface area (Å²) in [5, 5.41) is 8.84. The first kappa shape index (κ1) is 14.6. The van der Waals surface area contributed by atoms with Gasteiger partial charge in [-0.2, -0.15) is 18.4 Å². The summed E-state index contributed by atoms with van der Waals surface area (Å²) < 4.78 is 36.6. The number of nitriles is 1. The minimum atomic E-state index is -4.18. The second kappa shape index (κ2) is 6.07. The van der Waals surface area contributed by atoms with E-state index in [-0.39, 0.29) is 12.3 Å². The quantitative estimate of drug-likeness (QED) is 0.856. The Morgan fingerprint density at radius 2 is 2.00 bits per heavy atom. The highest BCUT2D eigenvalue weighted by molar-refractivity contribution is 5.37. The SMILES string of the molecule is N#CC1CCN(c2cncc(CCC(F)(F)F)n2)CC1. The number of hydrogen-bond acceptors (Lipinski definition) is 4. The van der Waals surface area contributed by atoms with Crippen molar-refractivity contribution in [2.45, 2.75) is 31.9 Å². The molecule has 2 heterocycles. The van der Waals surface area contributed by atoms with Crippen LogP contribution >= 0.6 is 0 Å². The van der Waals surface area contributed by atoms with Crippen LogP contribution < -0.4 is 4.90 Å². The van der Waals surface area contributed by atoms with Crippen molar-refractivity contribution in [3.8, 4) is 6.07 Å². The molecule has 0 bridgehead atoms. The average molecular weight is 284 g/mol. The Hall–Kier alpha value is -1.84. The van der Waals surface area contributed by atoms with Gasteiger partial charge >= 0.3 is 6.18 Å². The lowest BCUT2D eigenvalue weighted by Gasteiger charge is -2.29. The summed E-state index contributed by atoms with van der Waals surface area (Å²) in [4.78, 5) is 10.2. The van der Waals surface area contributed by atoms with E-state index in [1.165, 1.54) is 6.20 Å². The molecule has 1 aliphatic rings. The van der Waals surface area contributed by atoms with Crippen LogP contribution in [-0.2, 0) is 6.42 Å². The van der Waals surface area contributed by atoms with Gasteiger partial charge in [-0.15, -0.1) is 0 Å². The van der Waals surface area contributed by atoms with E-state index in [1.807, 2.05) is 4.90 Å². The summed E-state index contributed by atoms with van der Waals surface area (Å²) >= 11 is 0. The van der Waals surface area contributed by atoms with Gasteiger partial charge in [0, 0.05) is 31.6 Å². The Balaban J connectivity index is 1.98. The molecule has 0 atom stereocenters. The molecule has 1 aromatic heterocycles. The van der Waals surface area contributed by atoms with Crippen molar-refractivity contribution in [1.82, 2.24) is 9.97 Å². The monoisotopic (exact) mass is 284 g/mol. The summed E-state index contributed by atoms with van der Waals surface area (Å²) in [5.74, 6) is 0.661. The topological polar surface area (TPSA) is 52.8 Å². The fourth-order valence-electron chi connectivity index (χ4n) is 2.18. The molecule has 20 heavy (non-hydrogen) atoms. The molecule has 1 saturated heterocycles. The van der Waals surface area contributed by atoms with Gasteiger partial charge in [0.25, 0.3) is 0 Å². The minimum absolute atomic E-state index is 0.0626. The van der Waals surface area contributed by atoms with E-state index in [1.54, 1.807) is 6.20 Å². The highest BCUT2D eigenvalue weighted by Gasteiger charge is 2.27. The van der Waals surface area contributed by atoms with Gasteiger partial charge in [-0.25, -0.2) is 4.98 Å². The molecule has 1 aliphatic heterocycles. The van der Waals surface area contributed by atoms with Gasteiger partial charge in [0.2, 0.25) is 0 Å². The molecule has 2 rings (SSSR count). The molecular weight excluding hydrogens is 269 g/mol. The second-order valence-corrected chi connectivity index (χ2v) is 4.87. The number of aryl methyl sites for hydroxylation is 1. The van der Waals surface area contributed by atoms with Gasteiger partial charge in [0.1, 0.15) is 5.82 Å². The van der Waals surface area contributed by atoms with Gasteiger partial charge < -0.3 is 4.90 Å². The Labute approximate surface area is 115 Å². The van der Waals surface area contributed by atoms with Crippen LogP contribution in [0.1, 0.15) is 25.0 Å².